The fourth-order valence-corrected chi connectivity index (χ4v) is 4.52. The number of hydrogen-bond acceptors (Lipinski definition) is 4. The molecule has 6 heteroatoms. The maximum atomic E-state index is 13.6. The average molecular weight is 318 g/mol. The highest BCUT2D eigenvalue weighted by atomic mass is 16.5. The number of nitrogens with zero attached hydrogens (tertiary/aromatic N) is 3. The van der Waals surface area contributed by atoms with E-state index in [4.69, 9.17) is 4.74 Å². The van der Waals surface area contributed by atoms with Crippen LogP contribution in [0.2, 0.25) is 0 Å². The summed E-state index contributed by atoms with van der Waals surface area (Å²) in [6.07, 6.45) is 10.2. The van der Waals surface area contributed by atoms with E-state index < -0.39 is 5.54 Å². The molecule has 6 nitrogen and oxygen atoms in total. The second-order valence-electron chi connectivity index (χ2n) is 6.99. The van der Waals surface area contributed by atoms with Gasteiger partial charge in [0.25, 0.3) is 5.91 Å². The molecule has 0 aromatic carbocycles. The number of ether oxygens (including phenoxy) is 1. The molecule has 1 amide bonds. The molecular formula is C17H26N4O2. The van der Waals surface area contributed by atoms with Crippen LogP contribution < -0.4 is 5.32 Å². The first-order valence-electron chi connectivity index (χ1n) is 8.95. The second-order valence-corrected chi connectivity index (χ2v) is 6.99. The quantitative estimate of drug-likeness (QED) is 0.888. The van der Waals surface area contributed by atoms with Gasteiger partial charge in [-0.1, -0.05) is 12.8 Å². The second kappa shape index (κ2) is 6.24. The Hall–Kier alpha value is -1.40. The third-order valence-corrected chi connectivity index (χ3v) is 5.76. The normalized spacial score (nSPS) is 30.7. The van der Waals surface area contributed by atoms with Crippen LogP contribution >= 0.6 is 0 Å². The van der Waals surface area contributed by atoms with Crippen molar-refractivity contribution in [2.45, 2.75) is 56.2 Å². The number of rotatable bonds is 2. The van der Waals surface area contributed by atoms with Crippen molar-refractivity contribution in [2.75, 3.05) is 26.2 Å². The SMILES string of the molecule is O=C(N1CCOC2CCCCC21)C1(n2cccn2)CCNCC1. The van der Waals surface area contributed by atoms with Crippen LogP contribution in [0.3, 0.4) is 0 Å². The molecule has 1 aromatic heterocycles. The molecule has 0 spiro atoms. The van der Waals surface area contributed by atoms with Crippen molar-refractivity contribution < 1.29 is 9.53 Å². The van der Waals surface area contributed by atoms with Crippen molar-refractivity contribution in [3.05, 3.63) is 18.5 Å². The number of hydrogen-bond donors (Lipinski definition) is 1. The zero-order chi connectivity index (χ0) is 15.7. The summed E-state index contributed by atoms with van der Waals surface area (Å²) in [7, 11) is 0. The molecule has 2 aliphatic heterocycles. The molecule has 4 rings (SSSR count). The van der Waals surface area contributed by atoms with Crippen molar-refractivity contribution in [3.63, 3.8) is 0 Å². The number of amides is 1. The topological polar surface area (TPSA) is 59.4 Å². The Kier molecular flexibility index (Phi) is 4.11. The van der Waals surface area contributed by atoms with Crippen LogP contribution in [0.1, 0.15) is 38.5 Å². The summed E-state index contributed by atoms with van der Waals surface area (Å²) in [6.45, 7) is 3.12. The molecule has 23 heavy (non-hydrogen) atoms. The Labute approximate surface area is 137 Å². The Morgan fingerprint density at radius 1 is 1.26 bits per heavy atom. The predicted molar refractivity (Wildman–Crippen MR) is 86.0 cm³/mol. The first kappa shape index (κ1) is 15.1. The van der Waals surface area contributed by atoms with E-state index >= 15 is 0 Å². The lowest BCUT2D eigenvalue weighted by Gasteiger charge is -2.48. The first-order chi connectivity index (χ1) is 11.3. The summed E-state index contributed by atoms with van der Waals surface area (Å²) < 4.78 is 7.85. The number of fused-ring (bicyclic) bond motifs is 1. The Morgan fingerprint density at radius 3 is 2.87 bits per heavy atom. The van der Waals surface area contributed by atoms with Gasteiger partial charge in [0, 0.05) is 18.9 Å². The van der Waals surface area contributed by atoms with E-state index in [-0.39, 0.29) is 18.1 Å². The average Bonchev–Trinajstić information content (AvgIpc) is 3.16. The van der Waals surface area contributed by atoms with Gasteiger partial charge in [-0.15, -0.1) is 0 Å². The van der Waals surface area contributed by atoms with Gasteiger partial charge < -0.3 is 15.0 Å². The lowest BCUT2D eigenvalue weighted by molar-refractivity contribution is -0.161. The third kappa shape index (κ3) is 2.58. The molecule has 1 N–H and O–H groups in total. The van der Waals surface area contributed by atoms with E-state index in [1.807, 2.05) is 16.9 Å². The summed E-state index contributed by atoms with van der Waals surface area (Å²) in [5.74, 6) is 0.253. The van der Waals surface area contributed by atoms with Gasteiger partial charge in [0.05, 0.1) is 18.8 Å². The number of aromatic nitrogens is 2. The molecule has 2 saturated heterocycles. The van der Waals surface area contributed by atoms with Crippen molar-refractivity contribution in [1.82, 2.24) is 20.0 Å². The minimum atomic E-state index is -0.520. The highest BCUT2D eigenvalue weighted by molar-refractivity contribution is 5.85. The molecule has 3 heterocycles. The standard InChI is InChI=1S/C17H26N4O2/c22-16(20-12-13-23-15-5-2-1-4-14(15)20)17(6-9-18-10-7-17)21-11-3-8-19-21/h3,8,11,14-15,18H,1-2,4-7,9-10,12-13H2. The predicted octanol–water partition coefficient (Wildman–Crippen LogP) is 1.13. The Bertz CT molecular complexity index is 537. The number of morpholine rings is 1. The van der Waals surface area contributed by atoms with Gasteiger partial charge in [0.15, 0.2) is 0 Å². The van der Waals surface area contributed by atoms with Crippen LogP contribution in [-0.2, 0) is 15.1 Å². The van der Waals surface area contributed by atoms with E-state index in [1.165, 1.54) is 12.8 Å². The fraction of sp³-hybridized carbons (Fsp3) is 0.765. The molecular weight excluding hydrogens is 292 g/mol. The van der Waals surface area contributed by atoms with Gasteiger partial charge in [-0.05, 0) is 44.8 Å². The van der Waals surface area contributed by atoms with E-state index in [0.717, 1.165) is 45.3 Å². The van der Waals surface area contributed by atoms with Crippen molar-refractivity contribution in [2.24, 2.45) is 0 Å². The molecule has 126 valence electrons. The zero-order valence-electron chi connectivity index (χ0n) is 13.6. The smallest absolute Gasteiger partial charge is 0.251 e. The summed E-state index contributed by atoms with van der Waals surface area (Å²) in [5, 5.41) is 7.82. The molecule has 2 atom stereocenters. The van der Waals surface area contributed by atoms with Gasteiger partial charge in [-0.3, -0.25) is 9.48 Å². The van der Waals surface area contributed by atoms with Gasteiger partial charge >= 0.3 is 0 Å². The van der Waals surface area contributed by atoms with Crippen LogP contribution in [-0.4, -0.2) is 59.0 Å². The van der Waals surface area contributed by atoms with Gasteiger partial charge in [0.2, 0.25) is 0 Å². The fourth-order valence-electron chi connectivity index (χ4n) is 4.52. The van der Waals surface area contributed by atoms with E-state index in [2.05, 4.69) is 15.3 Å². The summed E-state index contributed by atoms with van der Waals surface area (Å²) in [5.41, 5.74) is -0.520. The molecule has 3 fully saturated rings. The highest BCUT2D eigenvalue weighted by Crippen LogP contribution is 2.35. The molecule has 1 aromatic rings. The van der Waals surface area contributed by atoms with Gasteiger partial charge in [-0.25, -0.2) is 0 Å². The van der Waals surface area contributed by atoms with E-state index in [0.29, 0.717) is 6.61 Å². The maximum absolute atomic E-state index is 13.6. The minimum absolute atomic E-state index is 0.234. The van der Waals surface area contributed by atoms with Gasteiger partial charge in [0.1, 0.15) is 5.54 Å². The Morgan fingerprint density at radius 2 is 2.09 bits per heavy atom. The van der Waals surface area contributed by atoms with Crippen LogP contribution in [0.15, 0.2) is 18.5 Å². The van der Waals surface area contributed by atoms with Gasteiger partial charge in [-0.2, -0.15) is 5.10 Å². The molecule has 1 saturated carbocycles. The largest absolute Gasteiger partial charge is 0.374 e. The highest BCUT2D eigenvalue weighted by Gasteiger charge is 2.48. The van der Waals surface area contributed by atoms with E-state index in [9.17, 15) is 4.79 Å². The minimum Gasteiger partial charge on any atom is -0.374 e. The van der Waals surface area contributed by atoms with E-state index in [1.54, 1.807) is 6.20 Å². The van der Waals surface area contributed by atoms with Crippen molar-refractivity contribution in [3.8, 4) is 0 Å². The maximum Gasteiger partial charge on any atom is 0.251 e. The first-order valence-corrected chi connectivity index (χ1v) is 8.95. The molecule has 0 radical (unpaired) electrons. The number of carbonyl (C=O) groups excluding carboxylic acids is 1. The van der Waals surface area contributed by atoms with Crippen molar-refractivity contribution in [1.29, 1.82) is 0 Å². The lowest BCUT2D eigenvalue weighted by Crippen LogP contribution is -2.62. The monoisotopic (exact) mass is 318 g/mol. The third-order valence-electron chi connectivity index (χ3n) is 5.76. The number of nitrogens with one attached hydrogen (secondary N) is 1. The number of piperidine rings is 1. The summed E-state index contributed by atoms with van der Waals surface area (Å²) in [6, 6.07) is 2.17. The van der Waals surface area contributed by atoms with Crippen molar-refractivity contribution >= 4 is 5.91 Å². The molecule has 2 unspecified atom stereocenters. The number of carbonyl (C=O) groups is 1. The summed E-state index contributed by atoms with van der Waals surface area (Å²) in [4.78, 5) is 15.7. The lowest BCUT2D eigenvalue weighted by atomic mass is 9.84. The van der Waals surface area contributed by atoms with Crippen LogP contribution in [0, 0.1) is 0 Å². The van der Waals surface area contributed by atoms with Crippen LogP contribution in [0.5, 0.6) is 0 Å². The molecule has 3 aliphatic rings. The summed E-state index contributed by atoms with van der Waals surface area (Å²) >= 11 is 0. The Balaban J connectivity index is 1.64. The molecule has 1 aliphatic carbocycles. The zero-order valence-corrected chi connectivity index (χ0v) is 13.6. The van der Waals surface area contributed by atoms with Crippen LogP contribution in [0.4, 0.5) is 0 Å². The molecule has 0 bridgehead atoms. The van der Waals surface area contributed by atoms with Crippen LogP contribution in [0.25, 0.3) is 0 Å².